The Hall–Kier alpha value is -1.29. The monoisotopic (exact) mass is 292 g/mol. The van der Waals surface area contributed by atoms with Crippen LogP contribution in [0.15, 0.2) is 18.2 Å². The SMILES string of the molecule is CCCC1CCN(c2cc(OC)ccc2C(N)=S)CC1. The summed E-state index contributed by atoms with van der Waals surface area (Å²) < 4.78 is 5.33. The first-order valence-electron chi connectivity index (χ1n) is 7.38. The minimum absolute atomic E-state index is 0.457. The van der Waals surface area contributed by atoms with Crippen LogP contribution in [0.1, 0.15) is 38.2 Å². The molecular formula is C16H24N2OS. The largest absolute Gasteiger partial charge is 0.497 e. The molecule has 0 aromatic heterocycles. The van der Waals surface area contributed by atoms with Gasteiger partial charge >= 0.3 is 0 Å². The standard InChI is InChI=1S/C16H24N2OS/c1-3-4-12-7-9-18(10-8-12)15-11-13(19-2)5-6-14(15)16(17)20/h5-6,11-12H,3-4,7-10H2,1-2H3,(H2,17,20). The fraction of sp³-hybridized carbons (Fsp3) is 0.562. The summed E-state index contributed by atoms with van der Waals surface area (Å²) in [4.78, 5) is 2.85. The minimum atomic E-state index is 0.457. The highest BCUT2D eigenvalue weighted by Crippen LogP contribution is 2.31. The quantitative estimate of drug-likeness (QED) is 0.845. The van der Waals surface area contributed by atoms with Gasteiger partial charge in [0.15, 0.2) is 0 Å². The Bertz CT molecular complexity index is 468. The lowest BCUT2D eigenvalue weighted by atomic mass is 9.92. The van der Waals surface area contributed by atoms with Gasteiger partial charge in [-0.2, -0.15) is 0 Å². The smallest absolute Gasteiger partial charge is 0.120 e. The fourth-order valence-corrected chi connectivity index (χ4v) is 3.15. The molecule has 0 aliphatic carbocycles. The third kappa shape index (κ3) is 3.42. The Morgan fingerprint density at radius 1 is 1.40 bits per heavy atom. The summed E-state index contributed by atoms with van der Waals surface area (Å²) in [7, 11) is 1.69. The molecule has 110 valence electrons. The minimum Gasteiger partial charge on any atom is -0.497 e. The summed E-state index contributed by atoms with van der Waals surface area (Å²) in [6.45, 7) is 4.42. The van der Waals surface area contributed by atoms with Crippen molar-refractivity contribution < 1.29 is 4.74 Å². The van der Waals surface area contributed by atoms with Crippen molar-refractivity contribution in [1.82, 2.24) is 0 Å². The van der Waals surface area contributed by atoms with Crippen molar-refractivity contribution in [2.45, 2.75) is 32.6 Å². The van der Waals surface area contributed by atoms with Crippen molar-refractivity contribution in [2.75, 3.05) is 25.1 Å². The summed E-state index contributed by atoms with van der Waals surface area (Å²) in [5.74, 6) is 1.73. The summed E-state index contributed by atoms with van der Waals surface area (Å²) >= 11 is 5.17. The average molecular weight is 292 g/mol. The molecule has 0 amide bonds. The number of anilines is 1. The molecule has 1 fully saturated rings. The second kappa shape index (κ2) is 6.93. The van der Waals surface area contributed by atoms with Crippen LogP contribution < -0.4 is 15.4 Å². The molecule has 1 aliphatic heterocycles. The average Bonchev–Trinajstić information content (AvgIpc) is 2.47. The van der Waals surface area contributed by atoms with Gasteiger partial charge in [0.1, 0.15) is 10.7 Å². The highest BCUT2D eigenvalue weighted by atomic mass is 32.1. The highest BCUT2D eigenvalue weighted by Gasteiger charge is 2.21. The van der Waals surface area contributed by atoms with Crippen LogP contribution >= 0.6 is 12.2 Å². The van der Waals surface area contributed by atoms with E-state index < -0.39 is 0 Å². The number of benzene rings is 1. The molecule has 0 radical (unpaired) electrons. The van der Waals surface area contributed by atoms with Crippen LogP contribution in [0.25, 0.3) is 0 Å². The lowest BCUT2D eigenvalue weighted by Gasteiger charge is -2.34. The van der Waals surface area contributed by atoms with E-state index in [1.165, 1.54) is 25.7 Å². The molecule has 0 saturated carbocycles. The van der Waals surface area contributed by atoms with Crippen molar-refractivity contribution in [1.29, 1.82) is 0 Å². The normalized spacial score (nSPS) is 16.2. The molecule has 2 rings (SSSR count). The molecule has 0 atom stereocenters. The molecule has 0 bridgehead atoms. The number of hydrogen-bond acceptors (Lipinski definition) is 3. The second-order valence-corrected chi connectivity index (χ2v) is 5.91. The molecule has 0 spiro atoms. The van der Waals surface area contributed by atoms with E-state index in [0.29, 0.717) is 4.99 Å². The molecule has 20 heavy (non-hydrogen) atoms. The topological polar surface area (TPSA) is 38.5 Å². The maximum absolute atomic E-state index is 5.85. The highest BCUT2D eigenvalue weighted by molar-refractivity contribution is 7.80. The Balaban J connectivity index is 2.17. The van der Waals surface area contributed by atoms with Crippen molar-refractivity contribution in [3.8, 4) is 5.75 Å². The Morgan fingerprint density at radius 3 is 2.65 bits per heavy atom. The zero-order valence-corrected chi connectivity index (χ0v) is 13.2. The Labute approximate surface area is 127 Å². The van der Waals surface area contributed by atoms with Gasteiger partial charge in [0, 0.05) is 24.7 Å². The van der Waals surface area contributed by atoms with Gasteiger partial charge < -0.3 is 15.4 Å². The third-order valence-electron chi connectivity index (χ3n) is 4.12. The summed E-state index contributed by atoms with van der Waals surface area (Å²) in [6, 6.07) is 5.94. The first kappa shape index (κ1) is 15.1. The molecule has 1 aromatic carbocycles. The van der Waals surface area contributed by atoms with Crippen molar-refractivity contribution in [3.63, 3.8) is 0 Å². The summed E-state index contributed by atoms with van der Waals surface area (Å²) in [5, 5.41) is 0. The predicted molar refractivity (Wildman–Crippen MR) is 88.7 cm³/mol. The van der Waals surface area contributed by atoms with Crippen LogP contribution in [-0.4, -0.2) is 25.2 Å². The van der Waals surface area contributed by atoms with Crippen molar-refractivity contribution in [3.05, 3.63) is 23.8 Å². The Kier molecular flexibility index (Phi) is 5.24. The van der Waals surface area contributed by atoms with E-state index in [1.807, 2.05) is 12.1 Å². The molecule has 3 nitrogen and oxygen atoms in total. The molecule has 0 unspecified atom stereocenters. The van der Waals surface area contributed by atoms with Gasteiger partial charge in [-0.3, -0.25) is 0 Å². The lowest BCUT2D eigenvalue weighted by Crippen LogP contribution is -2.35. The van der Waals surface area contributed by atoms with Gasteiger partial charge in [0.2, 0.25) is 0 Å². The van der Waals surface area contributed by atoms with Gasteiger partial charge in [-0.25, -0.2) is 0 Å². The number of thiocarbonyl (C=S) groups is 1. The van der Waals surface area contributed by atoms with Crippen LogP contribution in [0.4, 0.5) is 5.69 Å². The zero-order valence-electron chi connectivity index (χ0n) is 12.4. The van der Waals surface area contributed by atoms with Crippen molar-refractivity contribution >= 4 is 22.9 Å². The van der Waals surface area contributed by atoms with Crippen LogP contribution in [0.5, 0.6) is 5.75 Å². The first-order chi connectivity index (χ1) is 9.65. The lowest BCUT2D eigenvalue weighted by molar-refractivity contribution is 0.377. The van der Waals surface area contributed by atoms with E-state index in [2.05, 4.69) is 17.9 Å². The second-order valence-electron chi connectivity index (χ2n) is 5.47. The van der Waals surface area contributed by atoms with Crippen LogP contribution in [0, 0.1) is 5.92 Å². The summed E-state index contributed by atoms with van der Waals surface area (Å²) in [5.41, 5.74) is 7.92. The van der Waals surface area contributed by atoms with Gasteiger partial charge in [-0.05, 0) is 30.9 Å². The number of nitrogens with zero attached hydrogens (tertiary/aromatic N) is 1. The molecular weight excluding hydrogens is 268 g/mol. The van der Waals surface area contributed by atoms with E-state index in [9.17, 15) is 0 Å². The summed E-state index contributed by atoms with van der Waals surface area (Å²) in [6.07, 6.45) is 5.12. The number of methoxy groups -OCH3 is 1. The van der Waals surface area contributed by atoms with Crippen LogP contribution in [-0.2, 0) is 0 Å². The number of nitrogens with two attached hydrogens (primary N) is 1. The maximum atomic E-state index is 5.85. The van der Waals surface area contributed by atoms with Crippen molar-refractivity contribution in [2.24, 2.45) is 11.7 Å². The Morgan fingerprint density at radius 2 is 2.10 bits per heavy atom. The molecule has 4 heteroatoms. The van der Waals surface area contributed by atoms with Crippen LogP contribution in [0.3, 0.4) is 0 Å². The van der Waals surface area contributed by atoms with E-state index in [1.54, 1.807) is 7.11 Å². The molecule has 1 saturated heterocycles. The molecule has 1 aliphatic rings. The van der Waals surface area contributed by atoms with Gasteiger partial charge in [-0.1, -0.05) is 32.0 Å². The van der Waals surface area contributed by atoms with E-state index in [-0.39, 0.29) is 0 Å². The van der Waals surface area contributed by atoms with Gasteiger partial charge in [0.05, 0.1) is 12.8 Å². The maximum Gasteiger partial charge on any atom is 0.120 e. The molecule has 2 N–H and O–H groups in total. The number of ether oxygens (including phenoxy) is 1. The fourth-order valence-electron chi connectivity index (χ4n) is 2.98. The molecule has 1 heterocycles. The number of piperidine rings is 1. The van der Waals surface area contributed by atoms with E-state index in [0.717, 1.165) is 36.0 Å². The van der Waals surface area contributed by atoms with E-state index >= 15 is 0 Å². The molecule has 1 aromatic rings. The number of hydrogen-bond donors (Lipinski definition) is 1. The zero-order chi connectivity index (χ0) is 14.5. The first-order valence-corrected chi connectivity index (χ1v) is 7.79. The van der Waals surface area contributed by atoms with E-state index in [4.69, 9.17) is 22.7 Å². The van der Waals surface area contributed by atoms with Gasteiger partial charge in [-0.15, -0.1) is 0 Å². The van der Waals surface area contributed by atoms with Gasteiger partial charge in [0.25, 0.3) is 0 Å². The number of rotatable bonds is 5. The predicted octanol–water partition coefficient (Wildman–Crippen LogP) is 3.35. The van der Waals surface area contributed by atoms with Crippen LogP contribution in [0.2, 0.25) is 0 Å². The third-order valence-corrected chi connectivity index (χ3v) is 4.34.